The van der Waals surface area contributed by atoms with Crippen molar-refractivity contribution in [2.45, 2.75) is 84.3 Å². The fraction of sp³-hybridized carbons (Fsp3) is 0.952. The lowest BCUT2D eigenvalue weighted by molar-refractivity contribution is -0.0897. The normalized spacial score (nSPS) is 55.3. The van der Waals surface area contributed by atoms with Gasteiger partial charge in [0.2, 0.25) is 0 Å². The molecule has 1 unspecified atom stereocenters. The van der Waals surface area contributed by atoms with E-state index in [-0.39, 0.29) is 23.0 Å². The first kappa shape index (κ1) is 17.8. The van der Waals surface area contributed by atoms with Gasteiger partial charge in [-0.1, -0.05) is 19.0 Å². The molecule has 0 amide bonds. The molecule has 4 aliphatic rings. The van der Waals surface area contributed by atoms with Crippen molar-refractivity contribution in [2.75, 3.05) is 0 Å². The standard InChI is InChI=1S/C21H35NO3/c1-12(23)16-6-7-17-15-5-4-13-10-14(24)8-9-20(13,2)19(15)18(22-25)11-21(16,17)3/h12-17,19,23-25H,4-11H2,1-3H3/t12?,13-,14-,15-,16+,17-,19+,20-,21+/m0/s1. The summed E-state index contributed by atoms with van der Waals surface area (Å²) in [6.07, 6.45) is 7.91. The zero-order valence-electron chi connectivity index (χ0n) is 16.0. The smallest absolute Gasteiger partial charge is 0.0615 e. The highest BCUT2D eigenvalue weighted by Gasteiger charge is 2.63. The van der Waals surface area contributed by atoms with Crippen LogP contribution in [0.1, 0.15) is 72.1 Å². The number of hydrogen-bond acceptors (Lipinski definition) is 4. The maximum Gasteiger partial charge on any atom is 0.0615 e. The van der Waals surface area contributed by atoms with Crippen molar-refractivity contribution in [3.8, 4) is 0 Å². The van der Waals surface area contributed by atoms with Gasteiger partial charge in [0.05, 0.1) is 17.9 Å². The molecule has 4 aliphatic carbocycles. The number of fused-ring (bicyclic) bond motifs is 5. The summed E-state index contributed by atoms with van der Waals surface area (Å²) >= 11 is 0. The molecule has 4 nitrogen and oxygen atoms in total. The quantitative estimate of drug-likeness (QED) is 0.497. The number of aliphatic hydroxyl groups is 2. The van der Waals surface area contributed by atoms with Gasteiger partial charge in [-0.2, -0.15) is 0 Å². The molecule has 0 radical (unpaired) electrons. The molecule has 0 aromatic rings. The van der Waals surface area contributed by atoms with Gasteiger partial charge in [0.15, 0.2) is 0 Å². The van der Waals surface area contributed by atoms with Crippen LogP contribution in [0.4, 0.5) is 0 Å². The SMILES string of the molecule is CC(O)[C@H]1CC[C@H]2[C@@H]3CC[C@H]4C[C@@H](O)CC[C@]4(C)[C@H]3C(=NO)C[C@]12C. The Bertz CT molecular complexity index is 561. The van der Waals surface area contributed by atoms with Crippen molar-refractivity contribution in [1.29, 1.82) is 0 Å². The Morgan fingerprint density at radius 2 is 1.84 bits per heavy atom. The zero-order valence-corrected chi connectivity index (χ0v) is 16.0. The van der Waals surface area contributed by atoms with Crippen molar-refractivity contribution < 1.29 is 15.4 Å². The summed E-state index contributed by atoms with van der Waals surface area (Å²) in [5.74, 6) is 2.42. The fourth-order valence-corrected chi connectivity index (χ4v) is 8.01. The molecule has 4 rings (SSSR count). The van der Waals surface area contributed by atoms with Crippen LogP contribution < -0.4 is 0 Å². The van der Waals surface area contributed by atoms with Gasteiger partial charge in [0.25, 0.3) is 0 Å². The summed E-state index contributed by atoms with van der Waals surface area (Å²) in [4.78, 5) is 0. The third-order valence-corrected chi connectivity index (χ3v) is 9.12. The molecule has 3 N–H and O–H groups in total. The van der Waals surface area contributed by atoms with E-state index in [4.69, 9.17) is 0 Å². The maximum absolute atomic E-state index is 10.3. The van der Waals surface area contributed by atoms with Crippen LogP contribution in [0.3, 0.4) is 0 Å². The van der Waals surface area contributed by atoms with Crippen LogP contribution in [-0.2, 0) is 0 Å². The third-order valence-electron chi connectivity index (χ3n) is 9.12. The van der Waals surface area contributed by atoms with Crippen LogP contribution in [0.25, 0.3) is 0 Å². The zero-order chi connectivity index (χ0) is 18.0. The van der Waals surface area contributed by atoms with E-state index in [0.717, 1.165) is 37.8 Å². The number of hydrogen-bond donors (Lipinski definition) is 3. The van der Waals surface area contributed by atoms with Crippen LogP contribution in [-0.4, -0.2) is 33.3 Å². The predicted molar refractivity (Wildman–Crippen MR) is 97.5 cm³/mol. The summed E-state index contributed by atoms with van der Waals surface area (Å²) in [5.41, 5.74) is 1.21. The first-order valence-electron chi connectivity index (χ1n) is 10.4. The van der Waals surface area contributed by atoms with E-state index in [2.05, 4.69) is 19.0 Å². The molecule has 0 spiro atoms. The molecule has 4 heteroatoms. The number of rotatable bonds is 1. The molecule has 0 aromatic carbocycles. The fourth-order valence-electron chi connectivity index (χ4n) is 8.01. The minimum atomic E-state index is -0.289. The lowest BCUT2D eigenvalue weighted by Gasteiger charge is -2.60. The van der Waals surface area contributed by atoms with Crippen LogP contribution >= 0.6 is 0 Å². The second-order valence-corrected chi connectivity index (χ2v) is 10.2. The molecule has 0 heterocycles. The summed E-state index contributed by atoms with van der Waals surface area (Å²) in [5, 5.41) is 34.3. The second kappa shape index (κ2) is 5.95. The van der Waals surface area contributed by atoms with Gasteiger partial charge in [-0.3, -0.25) is 0 Å². The van der Waals surface area contributed by atoms with E-state index in [9.17, 15) is 15.4 Å². The van der Waals surface area contributed by atoms with E-state index in [1.54, 1.807) is 0 Å². The monoisotopic (exact) mass is 349 g/mol. The Balaban J connectivity index is 1.71. The van der Waals surface area contributed by atoms with E-state index in [1.807, 2.05) is 6.92 Å². The molecule has 9 atom stereocenters. The number of aliphatic hydroxyl groups excluding tert-OH is 2. The Kier molecular flexibility index (Phi) is 4.23. The van der Waals surface area contributed by atoms with Crippen molar-refractivity contribution in [1.82, 2.24) is 0 Å². The molecule has 0 bridgehead atoms. The maximum atomic E-state index is 10.3. The molecular formula is C21H35NO3. The van der Waals surface area contributed by atoms with Crippen molar-refractivity contribution in [2.24, 2.45) is 45.6 Å². The van der Waals surface area contributed by atoms with Crippen molar-refractivity contribution in [3.05, 3.63) is 0 Å². The number of oxime groups is 1. The van der Waals surface area contributed by atoms with Gasteiger partial charge >= 0.3 is 0 Å². The van der Waals surface area contributed by atoms with E-state index >= 15 is 0 Å². The van der Waals surface area contributed by atoms with E-state index < -0.39 is 0 Å². The van der Waals surface area contributed by atoms with Gasteiger partial charge in [0.1, 0.15) is 0 Å². The molecule has 0 aliphatic heterocycles. The molecule has 4 saturated carbocycles. The van der Waals surface area contributed by atoms with Crippen LogP contribution in [0.5, 0.6) is 0 Å². The van der Waals surface area contributed by atoms with Crippen molar-refractivity contribution >= 4 is 5.71 Å². The lowest BCUT2D eigenvalue weighted by Crippen LogP contribution is -2.58. The van der Waals surface area contributed by atoms with Gasteiger partial charge in [-0.15, -0.1) is 0 Å². The summed E-state index contributed by atoms with van der Waals surface area (Å²) < 4.78 is 0. The van der Waals surface area contributed by atoms with Gasteiger partial charge in [-0.05, 0) is 92.8 Å². The highest BCUT2D eigenvalue weighted by Crippen LogP contribution is 2.66. The Morgan fingerprint density at radius 1 is 1.08 bits per heavy atom. The topological polar surface area (TPSA) is 73.0 Å². The molecule has 0 saturated heterocycles. The summed E-state index contributed by atoms with van der Waals surface area (Å²) in [7, 11) is 0. The summed E-state index contributed by atoms with van der Waals surface area (Å²) in [6, 6.07) is 0. The van der Waals surface area contributed by atoms with Crippen LogP contribution in [0, 0.1) is 40.4 Å². The Labute approximate surface area is 151 Å². The average Bonchev–Trinajstić information content (AvgIpc) is 2.91. The van der Waals surface area contributed by atoms with Gasteiger partial charge in [-0.25, -0.2) is 0 Å². The molecule has 142 valence electrons. The largest absolute Gasteiger partial charge is 0.411 e. The molecular weight excluding hydrogens is 314 g/mol. The number of nitrogens with zero attached hydrogens (tertiary/aromatic N) is 1. The molecule has 25 heavy (non-hydrogen) atoms. The molecule has 4 fully saturated rings. The van der Waals surface area contributed by atoms with E-state index in [1.165, 1.54) is 19.3 Å². The van der Waals surface area contributed by atoms with Crippen LogP contribution in [0.15, 0.2) is 5.16 Å². The predicted octanol–water partition coefficient (Wildman–Crippen LogP) is 3.83. The van der Waals surface area contributed by atoms with Crippen LogP contribution in [0.2, 0.25) is 0 Å². The molecule has 0 aromatic heterocycles. The minimum absolute atomic E-state index is 0.0638. The first-order chi connectivity index (χ1) is 11.8. The minimum Gasteiger partial charge on any atom is -0.411 e. The van der Waals surface area contributed by atoms with Gasteiger partial charge in [0, 0.05) is 5.92 Å². The average molecular weight is 350 g/mol. The second-order valence-electron chi connectivity index (χ2n) is 10.2. The van der Waals surface area contributed by atoms with E-state index in [0.29, 0.717) is 29.6 Å². The van der Waals surface area contributed by atoms with Gasteiger partial charge < -0.3 is 15.4 Å². The van der Waals surface area contributed by atoms with Crippen molar-refractivity contribution in [3.63, 3.8) is 0 Å². The Hall–Kier alpha value is -0.610. The first-order valence-corrected chi connectivity index (χ1v) is 10.4. The Morgan fingerprint density at radius 3 is 2.52 bits per heavy atom. The highest BCUT2D eigenvalue weighted by atomic mass is 16.4. The highest BCUT2D eigenvalue weighted by molar-refractivity contribution is 5.89. The summed E-state index contributed by atoms with van der Waals surface area (Å²) in [6.45, 7) is 6.67. The third kappa shape index (κ3) is 2.43. The lowest BCUT2D eigenvalue weighted by atomic mass is 9.44.